The summed E-state index contributed by atoms with van der Waals surface area (Å²) < 4.78 is 0. The molecule has 94 valence electrons. The summed E-state index contributed by atoms with van der Waals surface area (Å²) in [6.07, 6.45) is 5.48. The van der Waals surface area contributed by atoms with Gasteiger partial charge in [-0.25, -0.2) is 0 Å². The molecule has 2 N–H and O–H groups in total. The molecule has 2 aliphatic heterocycles. The third kappa shape index (κ3) is 1.78. The Kier molecular flexibility index (Phi) is 2.80. The van der Waals surface area contributed by atoms with Crippen LogP contribution in [0.1, 0.15) is 18.0 Å². The van der Waals surface area contributed by atoms with Crippen molar-refractivity contribution in [1.29, 1.82) is 0 Å². The number of anilines is 2. The highest BCUT2D eigenvalue weighted by Gasteiger charge is 2.29. The average molecular weight is 243 g/mol. The van der Waals surface area contributed by atoms with Gasteiger partial charge in [0.05, 0.1) is 0 Å². The van der Waals surface area contributed by atoms with Gasteiger partial charge in [-0.3, -0.25) is 4.79 Å². The van der Waals surface area contributed by atoms with E-state index in [0.29, 0.717) is 0 Å². The van der Waals surface area contributed by atoms with Crippen LogP contribution in [0, 0.1) is 0 Å². The van der Waals surface area contributed by atoms with Crippen LogP contribution in [0.15, 0.2) is 30.4 Å². The summed E-state index contributed by atoms with van der Waals surface area (Å²) in [6, 6.07) is 6.00. The predicted octanol–water partition coefficient (Wildman–Crippen LogP) is 1.67. The Hall–Kier alpha value is -1.81. The Morgan fingerprint density at radius 1 is 1.39 bits per heavy atom. The predicted molar refractivity (Wildman–Crippen MR) is 72.8 cm³/mol. The number of amides is 1. The van der Waals surface area contributed by atoms with Gasteiger partial charge in [0.15, 0.2) is 0 Å². The number of carbonyl (C=O) groups is 1. The van der Waals surface area contributed by atoms with Crippen LogP contribution in [-0.4, -0.2) is 26.0 Å². The second kappa shape index (κ2) is 4.46. The van der Waals surface area contributed by atoms with Crippen LogP contribution >= 0.6 is 0 Å². The Morgan fingerprint density at radius 3 is 3.00 bits per heavy atom. The number of fused-ring (bicyclic) bond motifs is 1. The zero-order valence-electron chi connectivity index (χ0n) is 10.4. The van der Waals surface area contributed by atoms with E-state index in [9.17, 15) is 4.79 Å². The number of hydrogen-bond acceptors (Lipinski definition) is 3. The number of hydrogen-bond donors (Lipinski definition) is 2. The average Bonchev–Trinajstić information content (AvgIpc) is 2.74. The zero-order valence-corrected chi connectivity index (χ0v) is 10.4. The lowest BCUT2D eigenvalue weighted by molar-refractivity contribution is -0.117. The maximum absolute atomic E-state index is 11.8. The highest BCUT2D eigenvalue weighted by molar-refractivity contribution is 6.03. The first-order valence-corrected chi connectivity index (χ1v) is 6.31. The molecule has 0 saturated heterocycles. The first-order chi connectivity index (χ1) is 8.79. The lowest BCUT2D eigenvalue weighted by Gasteiger charge is -2.26. The number of benzene rings is 1. The first kappa shape index (κ1) is 11.3. The Bertz CT molecular complexity index is 510. The number of nitrogens with zero attached hydrogens (tertiary/aromatic N) is 1. The van der Waals surface area contributed by atoms with Gasteiger partial charge in [-0.05, 0) is 25.6 Å². The minimum atomic E-state index is -0.213. The molecule has 4 heteroatoms. The lowest BCUT2D eigenvalue weighted by Crippen LogP contribution is -2.26. The van der Waals surface area contributed by atoms with Crippen LogP contribution in [0.2, 0.25) is 0 Å². The van der Waals surface area contributed by atoms with Gasteiger partial charge in [0.1, 0.15) is 6.04 Å². The molecular formula is C14H17N3O. The van der Waals surface area contributed by atoms with Crippen LogP contribution < -0.4 is 15.5 Å². The van der Waals surface area contributed by atoms with Gasteiger partial charge in [-0.15, -0.1) is 0 Å². The Balaban J connectivity index is 1.91. The van der Waals surface area contributed by atoms with Gasteiger partial charge in [0.2, 0.25) is 5.91 Å². The molecule has 4 nitrogen and oxygen atoms in total. The normalized spacial score (nSPS) is 21.9. The van der Waals surface area contributed by atoms with E-state index < -0.39 is 0 Å². The number of nitrogens with one attached hydrogen (secondary N) is 2. The molecule has 1 atom stereocenters. The molecule has 0 spiro atoms. The van der Waals surface area contributed by atoms with E-state index in [1.807, 2.05) is 13.1 Å². The van der Waals surface area contributed by atoms with Gasteiger partial charge in [0, 0.05) is 30.0 Å². The Labute approximate surface area is 107 Å². The summed E-state index contributed by atoms with van der Waals surface area (Å²) in [7, 11) is 1.81. The van der Waals surface area contributed by atoms with Crippen molar-refractivity contribution in [3.05, 3.63) is 35.9 Å². The van der Waals surface area contributed by atoms with Crippen LogP contribution in [0.3, 0.4) is 0 Å². The van der Waals surface area contributed by atoms with Crippen molar-refractivity contribution >= 4 is 17.3 Å². The molecule has 2 heterocycles. The topological polar surface area (TPSA) is 44.4 Å². The molecule has 0 aromatic heterocycles. The van der Waals surface area contributed by atoms with E-state index in [-0.39, 0.29) is 11.9 Å². The van der Waals surface area contributed by atoms with E-state index in [1.165, 1.54) is 5.69 Å². The highest BCUT2D eigenvalue weighted by atomic mass is 16.2. The molecule has 2 aliphatic rings. The minimum absolute atomic E-state index is 0.0307. The third-order valence-corrected chi connectivity index (χ3v) is 3.58. The lowest BCUT2D eigenvalue weighted by atomic mass is 10.1. The number of likely N-dealkylation sites (N-methyl/N-ethyl adjacent to an activating group) is 1. The molecule has 0 saturated carbocycles. The van der Waals surface area contributed by atoms with Crippen LogP contribution in [0.5, 0.6) is 0 Å². The maximum Gasteiger partial charge on any atom is 0.246 e. The van der Waals surface area contributed by atoms with E-state index in [1.54, 1.807) is 0 Å². The molecule has 1 aromatic carbocycles. The van der Waals surface area contributed by atoms with E-state index in [4.69, 9.17) is 0 Å². The third-order valence-electron chi connectivity index (χ3n) is 3.58. The summed E-state index contributed by atoms with van der Waals surface area (Å²) in [5, 5.41) is 5.96. The van der Waals surface area contributed by atoms with Gasteiger partial charge in [-0.1, -0.05) is 18.2 Å². The molecule has 18 heavy (non-hydrogen) atoms. The molecule has 1 aromatic rings. The quantitative estimate of drug-likeness (QED) is 0.777. The zero-order chi connectivity index (χ0) is 12.5. The van der Waals surface area contributed by atoms with Gasteiger partial charge in [-0.2, -0.15) is 0 Å². The Morgan fingerprint density at radius 2 is 2.28 bits per heavy atom. The fraction of sp³-hybridized carbons (Fsp3) is 0.357. The summed E-state index contributed by atoms with van der Waals surface area (Å²) >= 11 is 0. The molecule has 1 amide bonds. The summed E-state index contributed by atoms with van der Waals surface area (Å²) in [4.78, 5) is 14.1. The van der Waals surface area contributed by atoms with Crippen molar-refractivity contribution in [2.45, 2.75) is 12.5 Å². The fourth-order valence-electron chi connectivity index (χ4n) is 2.61. The van der Waals surface area contributed by atoms with E-state index in [0.717, 1.165) is 30.8 Å². The molecule has 0 aliphatic carbocycles. The molecule has 1 unspecified atom stereocenters. The monoisotopic (exact) mass is 243 g/mol. The van der Waals surface area contributed by atoms with Crippen LogP contribution in [0.4, 0.5) is 11.4 Å². The van der Waals surface area contributed by atoms with Crippen molar-refractivity contribution in [2.24, 2.45) is 0 Å². The summed E-state index contributed by atoms with van der Waals surface area (Å²) in [5.74, 6) is 0.0307. The molecule has 0 bridgehead atoms. The molecule has 0 radical (unpaired) electrons. The number of rotatable bonds is 2. The van der Waals surface area contributed by atoms with Gasteiger partial charge >= 0.3 is 0 Å². The fourth-order valence-corrected chi connectivity index (χ4v) is 2.61. The molecular weight excluding hydrogens is 226 g/mol. The minimum Gasteiger partial charge on any atom is -0.367 e. The smallest absolute Gasteiger partial charge is 0.246 e. The van der Waals surface area contributed by atoms with Gasteiger partial charge < -0.3 is 15.5 Å². The standard InChI is InChI=1S/C14H17N3O/c1-15-13-11-6-5-10(9-12(11)16-14(13)18)17-7-3-2-4-8-17/h2-3,5-6,9,13,15H,4,7-8H2,1H3,(H,16,18). The largest absolute Gasteiger partial charge is 0.367 e. The van der Waals surface area contributed by atoms with E-state index >= 15 is 0 Å². The van der Waals surface area contributed by atoms with Crippen LogP contribution in [0.25, 0.3) is 0 Å². The molecule has 0 fully saturated rings. The van der Waals surface area contributed by atoms with Crippen molar-refractivity contribution in [3.8, 4) is 0 Å². The maximum atomic E-state index is 11.8. The summed E-state index contributed by atoms with van der Waals surface area (Å²) in [5.41, 5.74) is 3.15. The second-order valence-electron chi connectivity index (χ2n) is 4.69. The summed E-state index contributed by atoms with van der Waals surface area (Å²) in [6.45, 7) is 1.99. The van der Waals surface area contributed by atoms with Crippen molar-refractivity contribution in [1.82, 2.24) is 5.32 Å². The SMILES string of the molecule is CNC1C(=O)Nc2cc(N3CC=CCC3)ccc21. The first-order valence-electron chi connectivity index (χ1n) is 6.31. The van der Waals surface area contributed by atoms with Crippen molar-refractivity contribution < 1.29 is 4.79 Å². The van der Waals surface area contributed by atoms with Crippen molar-refractivity contribution in [2.75, 3.05) is 30.4 Å². The number of carbonyl (C=O) groups excluding carboxylic acids is 1. The highest BCUT2D eigenvalue weighted by Crippen LogP contribution is 2.34. The molecule has 3 rings (SSSR count). The van der Waals surface area contributed by atoms with E-state index in [2.05, 4.69) is 39.8 Å². The van der Waals surface area contributed by atoms with Gasteiger partial charge in [0.25, 0.3) is 0 Å². The van der Waals surface area contributed by atoms with Crippen LogP contribution in [-0.2, 0) is 4.79 Å². The second-order valence-corrected chi connectivity index (χ2v) is 4.69. The van der Waals surface area contributed by atoms with Crippen molar-refractivity contribution in [3.63, 3.8) is 0 Å².